The first kappa shape index (κ1) is 14.7. The van der Waals surface area contributed by atoms with Crippen molar-refractivity contribution in [2.75, 3.05) is 6.61 Å². The van der Waals surface area contributed by atoms with Crippen LogP contribution in [0.1, 0.15) is 33.0 Å². The Labute approximate surface area is 121 Å². The molecular weight excluding hydrogens is 250 g/mol. The van der Waals surface area contributed by atoms with Gasteiger partial charge in [-0.25, -0.2) is 0 Å². The molecular formula is C17H23NO2. The molecule has 1 heterocycles. The second kappa shape index (κ2) is 7.15. The van der Waals surface area contributed by atoms with Gasteiger partial charge in [0.15, 0.2) is 0 Å². The van der Waals surface area contributed by atoms with Crippen LogP contribution in [0.4, 0.5) is 0 Å². The zero-order valence-corrected chi connectivity index (χ0v) is 12.5. The van der Waals surface area contributed by atoms with Crippen molar-refractivity contribution < 1.29 is 9.15 Å². The molecule has 0 atom stereocenters. The molecule has 0 fully saturated rings. The highest BCUT2D eigenvalue weighted by Crippen LogP contribution is 2.24. The zero-order valence-electron chi connectivity index (χ0n) is 12.5. The Morgan fingerprint density at radius 3 is 2.50 bits per heavy atom. The van der Waals surface area contributed by atoms with Gasteiger partial charge in [0, 0.05) is 11.6 Å². The minimum absolute atomic E-state index is 0.457. The Balaban J connectivity index is 2.00. The van der Waals surface area contributed by atoms with Crippen molar-refractivity contribution in [1.82, 2.24) is 5.32 Å². The van der Waals surface area contributed by atoms with E-state index in [1.165, 1.54) is 0 Å². The topological polar surface area (TPSA) is 34.4 Å². The van der Waals surface area contributed by atoms with Gasteiger partial charge in [-0.2, -0.15) is 0 Å². The van der Waals surface area contributed by atoms with Gasteiger partial charge >= 0.3 is 0 Å². The lowest BCUT2D eigenvalue weighted by molar-refractivity contribution is 0.317. The van der Waals surface area contributed by atoms with E-state index in [0.29, 0.717) is 6.04 Å². The summed E-state index contributed by atoms with van der Waals surface area (Å²) >= 11 is 0. The van der Waals surface area contributed by atoms with Crippen molar-refractivity contribution in [3.8, 4) is 17.1 Å². The summed E-state index contributed by atoms with van der Waals surface area (Å²) in [4.78, 5) is 0. The van der Waals surface area contributed by atoms with E-state index >= 15 is 0 Å². The molecule has 0 aliphatic rings. The van der Waals surface area contributed by atoms with Crippen LogP contribution < -0.4 is 10.1 Å². The predicted octanol–water partition coefficient (Wildman–Crippen LogP) is 4.23. The molecule has 1 N–H and O–H groups in total. The molecule has 0 spiro atoms. The molecule has 2 rings (SSSR count). The Morgan fingerprint density at radius 1 is 1.10 bits per heavy atom. The van der Waals surface area contributed by atoms with Crippen molar-refractivity contribution in [3.05, 3.63) is 42.2 Å². The summed E-state index contributed by atoms with van der Waals surface area (Å²) in [7, 11) is 0. The quantitative estimate of drug-likeness (QED) is 0.819. The fourth-order valence-electron chi connectivity index (χ4n) is 1.87. The SMILES string of the molecule is CCCOc1ccc(-c2ccc(CNC(C)C)o2)cc1. The third kappa shape index (κ3) is 4.14. The number of hydrogen-bond donors (Lipinski definition) is 1. The van der Waals surface area contributed by atoms with Crippen LogP contribution in [0.25, 0.3) is 11.3 Å². The first-order chi connectivity index (χ1) is 9.69. The van der Waals surface area contributed by atoms with E-state index in [4.69, 9.17) is 9.15 Å². The predicted molar refractivity (Wildman–Crippen MR) is 81.9 cm³/mol. The summed E-state index contributed by atoms with van der Waals surface area (Å²) in [5.41, 5.74) is 1.07. The van der Waals surface area contributed by atoms with Crippen molar-refractivity contribution in [2.45, 2.75) is 39.8 Å². The summed E-state index contributed by atoms with van der Waals surface area (Å²) in [5.74, 6) is 2.76. The lowest BCUT2D eigenvalue weighted by Gasteiger charge is -2.06. The average Bonchev–Trinajstić information content (AvgIpc) is 2.92. The van der Waals surface area contributed by atoms with Crippen LogP contribution in [-0.2, 0) is 6.54 Å². The van der Waals surface area contributed by atoms with Crippen molar-refractivity contribution in [2.24, 2.45) is 0 Å². The molecule has 108 valence electrons. The number of ether oxygens (including phenoxy) is 1. The van der Waals surface area contributed by atoms with E-state index < -0.39 is 0 Å². The van der Waals surface area contributed by atoms with Gasteiger partial charge in [0.2, 0.25) is 0 Å². The van der Waals surface area contributed by atoms with Crippen LogP contribution in [0.3, 0.4) is 0 Å². The van der Waals surface area contributed by atoms with Crippen LogP contribution in [0.5, 0.6) is 5.75 Å². The van der Waals surface area contributed by atoms with Gasteiger partial charge in [-0.1, -0.05) is 20.8 Å². The number of hydrogen-bond acceptors (Lipinski definition) is 3. The third-order valence-corrected chi connectivity index (χ3v) is 2.96. The Kier molecular flexibility index (Phi) is 5.24. The Morgan fingerprint density at radius 2 is 1.85 bits per heavy atom. The van der Waals surface area contributed by atoms with Gasteiger partial charge in [0.05, 0.1) is 13.2 Å². The second-order valence-electron chi connectivity index (χ2n) is 5.17. The molecule has 20 heavy (non-hydrogen) atoms. The molecule has 0 saturated carbocycles. The van der Waals surface area contributed by atoms with Gasteiger partial charge in [-0.15, -0.1) is 0 Å². The molecule has 1 aromatic heterocycles. The summed E-state index contributed by atoms with van der Waals surface area (Å²) in [5, 5.41) is 3.35. The second-order valence-corrected chi connectivity index (χ2v) is 5.17. The lowest BCUT2D eigenvalue weighted by Crippen LogP contribution is -2.21. The smallest absolute Gasteiger partial charge is 0.134 e. The van der Waals surface area contributed by atoms with Crippen molar-refractivity contribution >= 4 is 0 Å². The molecule has 2 aromatic rings. The summed E-state index contributed by atoms with van der Waals surface area (Å²) < 4.78 is 11.4. The van der Waals surface area contributed by atoms with Crippen molar-refractivity contribution in [3.63, 3.8) is 0 Å². The molecule has 1 aromatic carbocycles. The van der Waals surface area contributed by atoms with Crippen LogP contribution in [0.2, 0.25) is 0 Å². The third-order valence-electron chi connectivity index (χ3n) is 2.96. The minimum atomic E-state index is 0.457. The maximum atomic E-state index is 5.84. The van der Waals surface area contributed by atoms with E-state index in [1.54, 1.807) is 0 Å². The standard InChI is InChI=1S/C17H23NO2/c1-4-11-19-15-7-5-14(6-8-15)17-10-9-16(20-17)12-18-13(2)3/h5-10,13,18H,4,11-12H2,1-3H3. The summed E-state index contributed by atoms with van der Waals surface area (Å²) in [6.45, 7) is 7.86. The molecule has 3 nitrogen and oxygen atoms in total. The number of rotatable bonds is 7. The van der Waals surface area contributed by atoms with Gasteiger partial charge in [0.25, 0.3) is 0 Å². The first-order valence-corrected chi connectivity index (χ1v) is 7.24. The molecule has 0 aliphatic carbocycles. The van der Waals surface area contributed by atoms with Gasteiger partial charge in [0.1, 0.15) is 17.3 Å². The van der Waals surface area contributed by atoms with Crippen LogP contribution in [-0.4, -0.2) is 12.6 Å². The molecule has 0 bridgehead atoms. The van der Waals surface area contributed by atoms with Crippen molar-refractivity contribution in [1.29, 1.82) is 0 Å². The fraction of sp³-hybridized carbons (Fsp3) is 0.412. The number of furan rings is 1. The summed E-state index contributed by atoms with van der Waals surface area (Å²) in [6, 6.07) is 12.5. The molecule has 0 unspecified atom stereocenters. The number of benzene rings is 1. The minimum Gasteiger partial charge on any atom is -0.494 e. The molecule has 0 saturated heterocycles. The van der Waals surface area contributed by atoms with E-state index in [0.717, 1.165) is 42.4 Å². The molecule has 0 radical (unpaired) electrons. The van der Waals surface area contributed by atoms with E-state index in [2.05, 4.69) is 26.1 Å². The fourth-order valence-corrected chi connectivity index (χ4v) is 1.87. The number of nitrogens with one attached hydrogen (secondary N) is 1. The van der Waals surface area contributed by atoms with Crippen LogP contribution in [0, 0.1) is 0 Å². The average molecular weight is 273 g/mol. The maximum Gasteiger partial charge on any atom is 0.134 e. The summed E-state index contributed by atoms with van der Waals surface area (Å²) in [6.07, 6.45) is 1.02. The van der Waals surface area contributed by atoms with Gasteiger partial charge in [-0.3, -0.25) is 0 Å². The lowest BCUT2D eigenvalue weighted by atomic mass is 10.2. The highest BCUT2D eigenvalue weighted by molar-refractivity contribution is 5.58. The maximum absolute atomic E-state index is 5.84. The largest absolute Gasteiger partial charge is 0.494 e. The van der Waals surface area contributed by atoms with E-state index in [-0.39, 0.29) is 0 Å². The molecule has 0 aliphatic heterocycles. The van der Waals surface area contributed by atoms with E-state index in [9.17, 15) is 0 Å². The van der Waals surface area contributed by atoms with Gasteiger partial charge < -0.3 is 14.5 Å². The van der Waals surface area contributed by atoms with Crippen LogP contribution in [0.15, 0.2) is 40.8 Å². The Hall–Kier alpha value is -1.74. The normalized spacial score (nSPS) is 11.0. The molecule has 0 amide bonds. The highest BCUT2D eigenvalue weighted by atomic mass is 16.5. The molecule has 3 heteroatoms. The van der Waals surface area contributed by atoms with Crippen LogP contribution >= 0.6 is 0 Å². The highest BCUT2D eigenvalue weighted by Gasteiger charge is 2.05. The van der Waals surface area contributed by atoms with Gasteiger partial charge in [-0.05, 0) is 42.8 Å². The zero-order chi connectivity index (χ0) is 14.4. The monoisotopic (exact) mass is 273 g/mol. The Bertz CT molecular complexity index is 514. The van der Waals surface area contributed by atoms with E-state index in [1.807, 2.05) is 36.4 Å². The first-order valence-electron chi connectivity index (χ1n) is 7.24.